The van der Waals surface area contributed by atoms with Crippen LogP contribution in [0.4, 0.5) is 0 Å². The maximum Gasteiger partial charge on any atom is 0.223 e. The van der Waals surface area contributed by atoms with Gasteiger partial charge in [0.1, 0.15) is 0 Å². The number of ether oxygens (including phenoxy) is 1. The Bertz CT molecular complexity index is 380. The van der Waals surface area contributed by atoms with Crippen molar-refractivity contribution in [2.45, 2.75) is 25.9 Å². The second-order valence-electron chi connectivity index (χ2n) is 6.18. The Morgan fingerprint density at radius 3 is 2.33 bits per heavy atom. The first-order chi connectivity index (χ1) is 10.0. The van der Waals surface area contributed by atoms with E-state index in [1.807, 2.05) is 9.80 Å². The fourth-order valence-electron chi connectivity index (χ4n) is 3.21. The molecule has 2 rings (SSSR count). The van der Waals surface area contributed by atoms with Crippen molar-refractivity contribution >= 4 is 11.8 Å². The Labute approximate surface area is 127 Å². The third-order valence-electron chi connectivity index (χ3n) is 4.71. The summed E-state index contributed by atoms with van der Waals surface area (Å²) in [5.41, 5.74) is 0. The molecule has 0 bridgehead atoms. The van der Waals surface area contributed by atoms with Gasteiger partial charge in [-0.25, -0.2) is 0 Å². The maximum absolute atomic E-state index is 12.5. The zero-order valence-corrected chi connectivity index (χ0v) is 13.4. The van der Waals surface area contributed by atoms with Gasteiger partial charge in [-0.2, -0.15) is 0 Å². The van der Waals surface area contributed by atoms with E-state index in [9.17, 15) is 9.59 Å². The quantitative estimate of drug-likeness (QED) is 0.738. The van der Waals surface area contributed by atoms with Crippen LogP contribution in [-0.2, 0) is 14.3 Å². The van der Waals surface area contributed by atoms with Crippen LogP contribution in [0, 0.1) is 5.92 Å². The molecule has 2 aliphatic rings. The summed E-state index contributed by atoms with van der Waals surface area (Å²) in [5.74, 6) is 0.391. The lowest BCUT2D eigenvalue weighted by Gasteiger charge is -2.39. The van der Waals surface area contributed by atoms with Crippen molar-refractivity contribution in [3.8, 4) is 0 Å². The summed E-state index contributed by atoms with van der Waals surface area (Å²) in [6.45, 7) is 6.42. The Hall–Kier alpha value is -1.14. The average Bonchev–Trinajstić information content (AvgIpc) is 2.47. The third-order valence-corrected chi connectivity index (χ3v) is 4.71. The molecule has 0 aromatic rings. The van der Waals surface area contributed by atoms with E-state index in [4.69, 9.17) is 4.74 Å². The van der Waals surface area contributed by atoms with Gasteiger partial charge in [-0.3, -0.25) is 9.59 Å². The van der Waals surface area contributed by atoms with Crippen molar-refractivity contribution in [3.05, 3.63) is 0 Å². The molecule has 2 aliphatic heterocycles. The van der Waals surface area contributed by atoms with E-state index in [1.54, 1.807) is 14.0 Å². The summed E-state index contributed by atoms with van der Waals surface area (Å²) in [4.78, 5) is 30.0. The summed E-state index contributed by atoms with van der Waals surface area (Å²) in [6, 6.07) is 0. The highest BCUT2D eigenvalue weighted by atomic mass is 16.5. The van der Waals surface area contributed by atoms with Gasteiger partial charge >= 0.3 is 0 Å². The molecule has 120 valence electrons. The second kappa shape index (κ2) is 7.22. The lowest BCUT2D eigenvalue weighted by Crippen LogP contribution is -2.50. The highest BCUT2D eigenvalue weighted by Gasteiger charge is 2.33. The van der Waals surface area contributed by atoms with Crippen LogP contribution >= 0.6 is 0 Å². The first-order valence-electron chi connectivity index (χ1n) is 7.76. The van der Waals surface area contributed by atoms with Crippen LogP contribution in [0.25, 0.3) is 0 Å². The number of nitrogens with zero attached hydrogens (tertiary/aromatic N) is 3. The van der Waals surface area contributed by atoms with Crippen LogP contribution in [0.3, 0.4) is 0 Å². The highest BCUT2D eigenvalue weighted by molar-refractivity contribution is 5.77. The standard InChI is InChI=1S/C15H27N3O3/c1-12(19)18-5-4-14(21-3)13(11-18)10-15(20)17-8-6-16(2)7-9-17/h13-14H,4-11H2,1-3H3/t13-,14-/m1/s1. The van der Waals surface area contributed by atoms with Gasteiger partial charge < -0.3 is 19.4 Å². The minimum atomic E-state index is 0.0806. The van der Waals surface area contributed by atoms with Gasteiger partial charge in [-0.15, -0.1) is 0 Å². The summed E-state index contributed by atoms with van der Waals surface area (Å²) in [5, 5.41) is 0. The number of hydrogen-bond donors (Lipinski definition) is 0. The molecule has 0 spiro atoms. The number of methoxy groups -OCH3 is 1. The Balaban J connectivity index is 1.91. The minimum absolute atomic E-state index is 0.0806. The predicted octanol–water partition coefficient (Wildman–Crippen LogP) is 0.0339. The normalized spacial score (nSPS) is 27.8. The van der Waals surface area contributed by atoms with Crippen molar-refractivity contribution in [1.29, 1.82) is 0 Å². The number of carbonyl (C=O) groups is 2. The van der Waals surface area contributed by atoms with Crippen LogP contribution in [0.5, 0.6) is 0 Å². The van der Waals surface area contributed by atoms with E-state index in [2.05, 4.69) is 11.9 Å². The SMILES string of the molecule is CO[C@@H]1CCN(C(C)=O)C[C@H]1CC(=O)N1CCN(C)CC1. The first kappa shape index (κ1) is 16.2. The first-order valence-corrected chi connectivity index (χ1v) is 7.76. The summed E-state index contributed by atoms with van der Waals surface area (Å²) >= 11 is 0. The number of likely N-dealkylation sites (tertiary alicyclic amines) is 1. The topological polar surface area (TPSA) is 53.1 Å². The fraction of sp³-hybridized carbons (Fsp3) is 0.867. The summed E-state index contributed by atoms with van der Waals surface area (Å²) in [7, 11) is 3.77. The molecule has 0 unspecified atom stereocenters. The monoisotopic (exact) mass is 297 g/mol. The second-order valence-corrected chi connectivity index (χ2v) is 6.18. The van der Waals surface area contributed by atoms with Crippen molar-refractivity contribution in [2.24, 2.45) is 5.92 Å². The lowest BCUT2D eigenvalue weighted by atomic mass is 9.90. The van der Waals surface area contributed by atoms with Gasteiger partial charge in [-0.1, -0.05) is 0 Å². The number of piperidine rings is 1. The molecule has 0 radical (unpaired) electrons. The fourth-order valence-corrected chi connectivity index (χ4v) is 3.21. The summed E-state index contributed by atoms with van der Waals surface area (Å²) < 4.78 is 5.52. The van der Waals surface area contributed by atoms with Crippen LogP contribution in [0.2, 0.25) is 0 Å². The minimum Gasteiger partial charge on any atom is -0.381 e. The number of hydrogen-bond acceptors (Lipinski definition) is 4. The van der Waals surface area contributed by atoms with Crippen LogP contribution in [-0.4, -0.2) is 86.0 Å². The molecule has 0 aromatic carbocycles. The Kier molecular flexibility index (Phi) is 5.58. The number of amides is 2. The van der Waals surface area contributed by atoms with E-state index in [0.29, 0.717) is 13.0 Å². The molecular weight excluding hydrogens is 270 g/mol. The number of carbonyl (C=O) groups excluding carboxylic acids is 2. The van der Waals surface area contributed by atoms with Crippen molar-refractivity contribution < 1.29 is 14.3 Å². The zero-order valence-electron chi connectivity index (χ0n) is 13.4. The molecule has 2 amide bonds. The molecule has 2 saturated heterocycles. The molecule has 6 nitrogen and oxygen atoms in total. The molecule has 0 aromatic heterocycles. The molecule has 2 fully saturated rings. The van der Waals surface area contributed by atoms with Crippen molar-refractivity contribution in [1.82, 2.24) is 14.7 Å². The van der Waals surface area contributed by atoms with Crippen LogP contribution in [0.15, 0.2) is 0 Å². The van der Waals surface area contributed by atoms with Gasteiger partial charge in [-0.05, 0) is 13.5 Å². The third kappa shape index (κ3) is 4.17. The highest BCUT2D eigenvalue weighted by Crippen LogP contribution is 2.24. The molecule has 21 heavy (non-hydrogen) atoms. The lowest BCUT2D eigenvalue weighted by molar-refractivity contribution is -0.140. The van der Waals surface area contributed by atoms with Gasteiger partial charge in [0, 0.05) is 65.6 Å². The number of likely N-dealkylation sites (N-methyl/N-ethyl adjacent to an activating group) is 1. The van der Waals surface area contributed by atoms with E-state index in [-0.39, 0.29) is 23.8 Å². The van der Waals surface area contributed by atoms with Crippen molar-refractivity contribution in [3.63, 3.8) is 0 Å². The average molecular weight is 297 g/mol. The Morgan fingerprint density at radius 2 is 1.76 bits per heavy atom. The predicted molar refractivity (Wildman–Crippen MR) is 79.9 cm³/mol. The van der Waals surface area contributed by atoms with Gasteiger partial charge in [0.05, 0.1) is 6.10 Å². The molecule has 0 aliphatic carbocycles. The van der Waals surface area contributed by atoms with E-state index in [1.165, 1.54) is 0 Å². The van der Waals surface area contributed by atoms with Crippen molar-refractivity contribution in [2.75, 3.05) is 53.4 Å². The molecule has 6 heteroatoms. The number of piperazine rings is 1. The van der Waals surface area contributed by atoms with Gasteiger partial charge in [0.15, 0.2) is 0 Å². The smallest absolute Gasteiger partial charge is 0.223 e. The number of rotatable bonds is 3. The maximum atomic E-state index is 12.5. The largest absolute Gasteiger partial charge is 0.381 e. The molecular formula is C15H27N3O3. The molecule has 2 heterocycles. The van der Waals surface area contributed by atoms with E-state index in [0.717, 1.165) is 39.1 Å². The van der Waals surface area contributed by atoms with E-state index >= 15 is 0 Å². The molecule has 2 atom stereocenters. The van der Waals surface area contributed by atoms with Crippen LogP contribution < -0.4 is 0 Å². The van der Waals surface area contributed by atoms with Crippen LogP contribution in [0.1, 0.15) is 19.8 Å². The summed E-state index contributed by atoms with van der Waals surface area (Å²) in [6.07, 6.45) is 1.37. The zero-order chi connectivity index (χ0) is 15.4. The van der Waals surface area contributed by atoms with Gasteiger partial charge in [0.25, 0.3) is 0 Å². The molecule has 0 N–H and O–H groups in total. The molecule has 0 saturated carbocycles. The van der Waals surface area contributed by atoms with E-state index < -0.39 is 0 Å². The van der Waals surface area contributed by atoms with Gasteiger partial charge in [0.2, 0.25) is 11.8 Å². The Morgan fingerprint density at radius 1 is 1.10 bits per heavy atom.